The number of hydrogen-bond donors (Lipinski definition) is 1. The molecule has 3 rings (SSSR count). The lowest BCUT2D eigenvalue weighted by Gasteiger charge is -2.31. The zero-order valence-corrected chi connectivity index (χ0v) is 11.3. The molecule has 0 aliphatic carbocycles. The number of anilines is 2. The Kier molecular flexibility index (Phi) is 3.19. The number of carbonyl (C=O) groups is 1. The number of carbonyl (C=O) groups excluding carboxylic acids is 1. The van der Waals surface area contributed by atoms with E-state index in [9.17, 15) is 4.79 Å². The number of aryl methyl sites for hydroxylation is 1. The van der Waals surface area contributed by atoms with Crippen LogP contribution in [0.5, 0.6) is 0 Å². The standard InChI is InChI=1S/C15H20N2O2/c1-10-7-12(9-19-10)15(18)17-6-2-3-11-8-13(16)4-5-14(11)17/h4-5,8,10,12H,2-3,6-7,9,16H2,1H3. The Morgan fingerprint density at radius 2 is 2.32 bits per heavy atom. The molecule has 2 aliphatic heterocycles. The molecule has 0 bridgehead atoms. The molecule has 2 N–H and O–H groups in total. The summed E-state index contributed by atoms with van der Waals surface area (Å²) in [4.78, 5) is 14.5. The number of fused-ring (bicyclic) bond motifs is 1. The highest BCUT2D eigenvalue weighted by molar-refractivity contribution is 5.96. The highest BCUT2D eigenvalue weighted by atomic mass is 16.5. The maximum absolute atomic E-state index is 12.6. The molecule has 1 aromatic carbocycles. The summed E-state index contributed by atoms with van der Waals surface area (Å²) in [7, 11) is 0. The van der Waals surface area contributed by atoms with Crippen molar-refractivity contribution in [2.75, 3.05) is 23.8 Å². The second kappa shape index (κ2) is 4.85. The van der Waals surface area contributed by atoms with Gasteiger partial charge in [-0.25, -0.2) is 0 Å². The Hall–Kier alpha value is -1.55. The third kappa shape index (κ3) is 2.32. The first-order valence-corrected chi connectivity index (χ1v) is 6.96. The van der Waals surface area contributed by atoms with Crippen molar-refractivity contribution in [3.63, 3.8) is 0 Å². The zero-order valence-electron chi connectivity index (χ0n) is 11.3. The van der Waals surface area contributed by atoms with Gasteiger partial charge in [-0.1, -0.05) is 0 Å². The van der Waals surface area contributed by atoms with Crippen LogP contribution in [-0.2, 0) is 16.0 Å². The summed E-state index contributed by atoms with van der Waals surface area (Å²) in [5, 5.41) is 0. The molecule has 0 spiro atoms. The van der Waals surface area contributed by atoms with Gasteiger partial charge in [0, 0.05) is 17.9 Å². The van der Waals surface area contributed by atoms with Gasteiger partial charge in [0.2, 0.25) is 5.91 Å². The van der Waals surface area contributed by atoms with E-state index in [1.165, 1.54) is 5.56 Å². The number of hydrogen-bond acceptors (Lipinski definition) is 3. The van der Waals surface area contributed by atoms with Gasteiger partial charge in [-0.2, -0.15) is 0 Å². The van der Waals surface area contributed by atoms with Crippen LogP contribution in [0.3, 0.4) is 0 Å². The van der Waals surface area contributed by atoms with Gasteiger partial charge >= 0.3 is 0 Å². The Morgan fingerprint density at radius 1 is 1.47 bits per heavy atom. The molecule has 0 radical (unpaired) electrons. The van der Waals surface area contributed by atoms with Gasteiger partial charge in [0.25, 0.3) is 0 Å². The monoisotopic (exact) mass is 260 g/mol. The summed E-state index contributed by atoms with van der Waals surface area (Å²) in [5.41, 5.74) is 8.81. The molecular formula is C15H20N2O2. The Morgan fingerprint density at radius 3 is 3.05 bits per heavy atom. The Bertz CT molecular complexity index is 501. The van der Waals surface area contributed by atoms with Gasteiger partial charge in [-0.3, -0.25) is 4.79 Å². The van der Waals surface area contributed by atoms with Gasteiger partial charge in [0.05, 0.1) is 18.6 Å². The van der Waals surface area contributed by atoms with Gasteiger partial charge in [0.15, 0.2) is 0 Å². The normalized spacial score (nSPS) is 26.3. The molecule has 1 fully saturated rings. The molecule has 19 heavy (non-hydrogen) atoms. The van der Waals surface area contributed by atoms with Crippen molar-refractivity contribution in [3.8, 4) is 0 Å². The molecule has 2 atom stereocenters. The first kappa shape index (κ1) is 12.5. The van der Waals surface area contributed by atoms with E-state index >= 15 is 0 Å². The molecule has 0 saturated carbocycles. The van der Waals surface area contributed by atoms with E-state index in [4.69, 9.17) is 10.5 Å². The Labute approximate surface area is 113 Å². The zero-order chi connectivity index (χ0) is 13.4. The van der Waals surface area contributed by atoms with Crippen molar-refractivity contribution in [2.24, 2.45) is 5.92 Å². The largest absolute Gasteiger partial charge is 0.399 e. The number of amides is 1. The fourth-order valence-electron chi connectivity index (χ4n) is 3.06. The molecule has 1 amide bonds. The van der Waals surface area contributed by atoms with Crippen molar-refractivity contribution >= 4 is 17.3 Å². The topological polar surface area (TPSA) is 55.6 Å². The van der Waals surface area contributed by atoms with Crippen LogP contribution >= 0.6 is 0 Å². The molecule has 1 saturated heterocycles. The lowest BCUT2D eigenvalue weighted by atomic mass is 9.98. The van der Waals surface area contributed by atoms with E-state index in [1.54, 1.807) is 0 Å². The van der Waals surface area contributed by atoms with Gasteiger partial charge < -0.3 is 15.4 Å². The number of rotatable bonds is 1. The summed E-state index contributed by atoms with van der Waals surface area (Å²) in [5.74, 6) is 0.216. The smallest absolute Gasteiger partial charge is 0.232 e. The van der Waals surface area contributed by atoms with E-state index in [0.717, 1.165) is 37.2 Å². The molecule has 1 aromatic rings. The van der Waals surface area contributed by atoms with Gasteiger partial charge in [-0.05, 0) is 49.9 Å². The highest BCUT2D eigenvalue weighted by Gasteiger charge is 2.33. The summed E-state index contributed by atoms with van der Waals surface area (Å²) in [6, 6.07) is 5.84. The number of benzene rings is 1. The van der Waals surface area contributed by atoms with Crippen LogP contribution in [0.2, 0.25) is 0 Å². The van der Waals surface area contributed by atoms with Crippen LogP contribution in [0.25, 0.3) is 0 Å². The van der Waals surface area contributed by atoms with Gasteiger partial charge in [0.1, 0.15) is 0 Å². The summed E-state index contributed by atoms with van der Waals surface area (Å²) < 4.78 is 5.52. The maximum atomic E-state index is 12.6. The number of nitrogens with two attached hydrogens (primary N) is 1. The minimum atomic E-state index is 0.0125. The predicted octanol–water partition coefficient (Wildman–Crippen LogP) is 1.97. The summed E-state index contributed by atoms with van der Waals surface area (Å²) in [6.45, 7) is 3.39. The van der Waals surface area contributed by atoms with E-state index in [-0.39, 0.29) is 17.9 Å². The van der Waals surface area contributed by atoms with Gasteiger partial charge in [-0.15, -0.1) is 0 Å². The third-order valence-electron chi connectivity index (χ3n) is 4.04. The van der Waals surface area contributed by atoms with E-state index < -0.39 is 0 Å². The van der Waals surface area contributed by atoms with Crippen molar-refractivity contribution in [1.82, 2.24) is 0 Å². The quantitative estimate of drug-likeness (QED) is 0.785. The molecule has 102 valence electrons. The minimum absolute atomic E-state index is 0.0125. The van der Waals surface area contributed by atoms with Crippen molar-refractivity contribution < 1.29 is 9.53 Å². The van der Waals surface area contributed by atoms with Crippen LogP contribution in [0, 0.1) is 5.92 Å². The SMILES string of the molecule is CC1CC(C(=O)N2CCCc3cc(N)ccc32)CO1. The van der Waals surface area contributed by atoms with Crippen molar-refractivity contribution in [1.29, 1.82) is 0 Å². The Balaban J connectivity index is 1.85. The van der Waals surface area contributed by atoms with Crippen LogP contribution in [-0.4, -0.2) is 25.2 Å². The minimum Gasteiger partial charge on any atom is -0.399 e. The first-order valence-electron chi connectivity index (χ1n) is 6.96. The molecule has 2 heterocycles. The second-order valence-electron chi connectivity index (χ2n) is 5.56. The molecule has 2 aliphatic rings. The van der Waals surface area contributed by atoms with E-state index in [2.05, 4.69) is 0 Å². The van der Waals surface area contributed by atoms with Crippen LogP contribution in [0.15, 0.2) is 18.2 Å². The lowest BCUT2D eigenvalue weighted by Crippen LogP contribution is -2.40. The molecule has 0 aromatic heterocycles. The van der Waals surface area contributed by atoms with Crippen molar-refractivity contribution in [3.05, 3.63) is 23.8 Å². The van der Waals surface area contributed by atoms with Crippen LogP contribution in [0.4, 0.5) is 11.4 Å². The summed E-state index contributed by atoms with van der Waals surface area (Å²) >= 11 is 0. The fraction of sp³-hybridized carbons (Fsp3) is 0.533. The second-order valence-corrected chi connectivity index (χ2v) is 5.56. The predicted molar refractivity (Wildman–Crippen MR) is 75.0 cm³/mol. The van der Waals surface area contributed by atoms with Crippen LogP contribution in [0.1, 0.15) is 25.3 Å². The average molecular weight is 260 g/mol. The molecule has 2 unspecified atom stereocenters. The average Bonchev–Trinajstić information content (AvgIpc) is 2.83. The van der Waals surface area contributed by atoms with Crippen molar-refractivity contribution in [2.45, 2.75) is 32.3 Å². The molecular weight excluding hydrogens is 240 g/mol. The fourth-order valence-corrected chi connectivity index (χ4v) is 3.06. The van der Waals surface area contributed by atoms with E-state index in [1.807, 2.05) is 30.0 Å². The number of ether oxygens (including phenoxy) is 1. The summed E-state index contributed by atoms with van der Waals surface area (Å²) in [6.07, 6.45) is 3.04. The van der Waals surface area contributed by atoms with Crippen LogP contribution < -0.4 is 10.6 Å². The highest BCUT2D eigenvalue weighted by Crippen LogP contribution is 2.31. The lowest BCUT2D eigenvalue weighted by molar-refractivity contribution is -0.122. The maximum Gasteiger partial charge on any atom is 0.232 e. The number of nitrogens with zero attached hydrogens (tertiary/aromatic N) is 1. The third-order valence-corrected chi connectivity index (χ3v) is 4.04. The molecule has 4 nitrogen and oxygen atoms in total. The number of nitrogen functional groups attached to an aromatic ring is 1. The molecule has 4 heteroatoms. The first-order chi connectivity index (χ1) is 9.15. The van der Waals surface area contributed by atoms with E-state index in [0.29, 0.717) is 6.61 Å².